The van der Waals surface area contributed by atoms with Crippen molar-refractivity contribution >= 4 is 5.69 Å². The van der Waals surface area contributed by atoms with Crippen molar-refractivity contribution in [3.8, 4) is 0 Å². The third-order valence-corrected chi connectivity index (χ3v) is 9.73. The van der Waals surface area contributed by atoms with Gasteiger partial charge >= 0.3 is 0 Å². The third-order valence-electron chi connectivity index (χ3n) is 9.73. The SMILES string of the molecule is CCC[N@+]12[C@H](O)[C@@H](CC)[C@@H]3C[C@H]1[C@@H]1N(C)c4ccccc4[C@]14C[C@H]2[C@H]3[C@@H]4O. The maximum absolute atomic E-state index is 11.9. The zero-order valence-corrected chi connectivity index (χ0v) is 16.8. The average molecular weight is 370 g/mol. The molecule has 1 aromatic rings. The molecule has 146 valence electrons. The maximum Gasteiger partial charge on any atom is 0.194 e. The number of aliphatic hydroxyl groups is 2. The minimum atomic E-state index is -0.271. The maximum atomic E-state index is 11.9. The number of hydrogen-bond donors (Lipinski definition) is 2. The van der Waals surface area contributed by atoms with E-state index in [0.29, 0.717) is 35.9 Å². The van der Waals surface area contributed by atoms with Crippen LogP contribution in [-0.2, 0) is 5.41 Å². The summed E-state index contributed by atoms with van der Waals surface area (Å²) in [6.07, 6.45) is 3.84. The van der Waals surface area contributed by atoms with Crippen LogP contribution in [0.15, 0.2) is 24.3 Å². The fourth-order valence-electron chi connectivity index (χ4n) is 9.23. The van der Waals surface area contributed by atoms with Gasteiger partial charge in [-0.1, -0.05) is 32.0 Å². The first-order valence-corrected chi connectivity index (χ1v) is 11.1. The molecule has 0 amide bonds. The Balaban J connectivity index is 1.62. The lowest BCUT2D eigenvalue weighted by Gasteiger charge is -2.68. The van der Waals surface area contributed by atoms with Gasteiger partial charge < -0.3 is 15.1 Å². The van der Waals surface area contributed by atoms with E-state index in [4.69, 9.17) is 0 Å². The summed E-state index contributed by atoms with van der Waals surface area (Å²) >= 11 is 0. The molecule has 1 spiro atoms. The second-order valence-electron chi connectivity index (χ2n) is 10.1. The van der Waals surface area contributed by atoms with Crippen molar-refractivity contribution in [1.29, 1.82) is 0 Å². The summed E-state index contributed by atoms with van der Waals surface area (Å²) in [5.41, 5.74) is 2.56. The van der Waals surface area contributed by atoms with Gasteiger partial charge in [-0.05, 0) is 30.4 Å². The summed E-state index contributed by atoms with van der Waals surface area (Å²) in [5, 5.41) is 23.6. The van der Waals surface area contributed by atoms with Crippen LogP contribution in [-0.4, -0.2) is 58.7 Å². The smallest absolute Gasteiger partial charge is 0.194 e. The number of nitrogens with zero attached hydrogens (tertiary/aromatic N) is 2. The van der Waals surface area contributed by atoms with Crippen molar-refractivity contribution in [3.63, 3.8) is 0 Å². The van der Waals surface area contributed by atoms with E-state index in [1.807, 2.05) is 0 Å². The van der Waals surface area contributed by atoms with Crippen LogP contribution in [0.25, 0.3) is 0 Å². The summed E-state index contributed by atoms with van der Waals surface area (Å²) in [6, 6.07) is 9.97. The lowest BCUT2D eigenvalue weighted by molar-refractivity contribution is -1.04. The van der Waals surface area contributed by atoms with Gasteiger partial charge in [0.05, 0.1) is 30.1 Å². The molecule has 5 bridgehead atoms. The molecule has 7 rings (SSSR count). The number of fused-ring (bicyclic) bond motifs is 2. The van der Waals surface area contributed by atoms with Crippen LogP contribution in [0.4, 0.5) is 5.69 Å². The number of rotatable bonds is 3. The lowest BCUT2D eigenvalue weighted by Crippen LogP contribution is -2.83. The molecule has 10 atom stereocenters. The second kappa shape index (κ2) is 5.08. The van der Waals surface area contributed by atoms with Crippen molar-refractivity contribution in [3.05, 3.63) is 29.8 Å². The van der Waals surface area contributed by atoms with Crippen molar-refractivity contribution < 1.29 is 14.7 Å². The number of likely N-dealkylation sites (N-methyl/N-ethyl adjacent to an activating group) is 1. The summed E-state index contributed by atoms with van der Waals surface area (Å²) in [5.74, 6) is 1.18. The van der Waals surface area contributed by atoms with Crippen molar-refractivity contribution in [2.24, 2.45) is 17.8 Å². The minimum Gasteiger partial charge on any atom is -0.392 e. The van der Waals surface area contributed by atoms with Crippen LogP contribution in [0.3, 0.4) is 0 Å². The molecule has 4 saturated heterocycles. The van der Waals surface area contributed by atoms with E-state index in [-0.39, 0.29) is 17.7 Å². The molecule has 5 fully saturated rings. The summed E-state index contributed by atoms with van der Waals surface area (Å²) in [4.78, 5) is 2.48. The third kappa shape index (κ3) is 1.51. The molecule has 0 radical (unpaired) electrons. The number of piperidine rings is 4. The van der Waals surface area contributed by atoms with Crippen LogP contribution < -0.4 is 4.90 Å². The minimum absolute atomic E-state index is 0.127. The van der Waals surface area contributed by atoms with Gasteiger partial charge in [-0.15, -0.1) is 0 Å². The summed E-state index contributed by atoms with van der Waals surface area (Å²) in [6.45, 7) is 5.56. The highest BCUT2D eigenvalue weighted by atomic mass is 16.3. The number of hydrogen-bond acceptors (Lipinski definition) is 3. The van der Waals surface area contributed by atoms with E-state index in [9.17, 15) is 10.2 Å². The summed E-state index contributed by atoms with van der Waals surface area (Å²) in [7, 11) is 2.23. The summed E-state index contributed by atoms with van der Waals surface area (Å²) < 4.78 is 0.873. The van der Waals surface area contributed by atoms with Gasteiger partial charge in [-0.25, -0.2) is 0 Å². The standard InChI is InChI=1S/C23H33N2O2/c1-4-10-25-17-11-14(13(5-2)22(25)27)19-18(25)12-23(21(19)26)15-8-6-7-9-16(15)24(3)20(17)23/h6-9,13-14,17-22,26-27H,4-5,10-12H2,1-3H3/q+1/t13-,14-,17-,18-,19-,20-,21-,22+,23+,25-/m0/s1. The van der Waals surface area contributed by atoms with Gasteiger partial charge in [0.25, 0.3) is 0 Å². The van der Waals surface area contributed by atoms with Crippen molar-refractivity contribution in [1.82, 2.24) is 0 Å². The number of benzene rings is 1. The molecule has 5 aliphatic heterocycles. The van der Waals surface area contributed by atoms with Crippen LogP contribution in [0.5, 0.6) is 0 Å². The Morgan fingerprint density at radius 1 is 1.19 bits per heavy atom. The highest BCUT2D eigenvalue weighted by Gasteiger charge is 2.82. The lowest BCUT2D eigenvalue weighted by atomic mass is 9.60. The Hall–Kier alpha value is -1.10. The Kier molecular flexibility index (Phi) is 3.17. The predicted molar refractivity (Wildman–Crippen MR) is 105 cm³/mol. The quantitative estimate of drug-likeness (QED) is 0.805. The molecule has 4 heteroatoms. The first-order chi connectivity index (χ1) is 13.0. The molecule has 5 heterocycles. The topological polar surface area (TPSA) is 43.7 Å². The Labute approximate surface area is 162 Å². The number of aliphatic hydroxyl groups excluding tert-OH is 2. The molecule has 2 N–H and O–H groups in total. The van der Waals surface area contributed by atoms with Gasteiger partial charge in [-0.2, -0.15) is 0 Å². The number of para-hydroxylation sites is 1. The van der Waals surface area contributed by atoms with E-state index in [0.717, 1.165) is 30.3 Å². The van der Waals surface area contributed by atoms with E-state index >= 15 is 0 Å². The molecular formula is C23H33N2O2+. The molecule has 6 aliphatic rings. The molecule has 27 heavy (non-hydrogen) atoms. The Bertz CT molecular complexity index is 798. The monoisotopic (exact) mass is 369 g/mol. The van der Waals surface area contributed by atoms with Crippen LogP contribution in [0, 0.1) is 17.8 Å². The van der Waals surface area contributed by atoms with Crippen molar-refractivity contribution in [2.45, 2.75) is 75.4 Å². The van der Waals surface area contributed by atoms with Crippen molar-refractivity contribution in [2.75, 3.05) is 18.5 Å². The van der Waals surface area contributed by atoms with Gasteiger partial charge in [0.15, 0.2) is 6.23 Å². The average Bonchev–Trinajstić information content (AvgIpc) is 3.06. The van der Waals surface area contributed by atoms with Gasteiger partial charge in [0.2, 0.25) is 0 Å². The molecule has 1 saturated carbocycles. The molecule has 0 unspecified atom stereocenters. The first kappa shape index (κ1) is 16.8. The van der Waals surface area contributed by atoms with Gasteiger partial charge in [0.1, 0.15) is 6.04 Å². The fourth-order valence-corrected chi connectivity index (χ4v) is 9.23. The van der Waals surface area contributed by atoms with Crippen LogP contribution in [0.1, 0.15) is 45.1 Å². The molecular weight excluding hydrogens is 336 g/mol. The Morgan fingerprint density at radius 2 is 1.96 bits per heavy atom. The zero-order chi connectivity index (χ0) is 18.7. The number of quaternary nitrogens is 1. The predicted octanol–water partition coefficient (Wildman–Crippen LogP) is 2.48. The van der Waals surface area contributed by atoms with E-state index < -0.39 is 0 Å². The molecule has 4 nitrogen and oxygen atoms in total. The largest absolute Gasteiger partial charge is 0.392 e. The van der Waals surface area contributed by atoms with Crippen LogP contribution in [0.2, 0.25) is 0 Å². The highest BCUT2D eigenvalue weighted by Crippen LogP contribution is 2.71. The molecule has 1 aromatic carbocycles. The first-order valence-electron chi connectivity index (χ1n) is 11.1. The second-order valence-corrected chi connectivity index (χ2v) is 10.1. The highest BCUT2D eigenvalue weighted by molar-refractivity contribution is 5.66. The van der Waals surface area contributed by atoms with Gasteiger partial charge in [0, 0.05) is 37.4 Å². The van der Waals surface area contributed by atoms with Gasteiger partial charge in [-0.3, -0.25) is 4.48 Å². The number of anilines is 1. The zero-order valence-electron chi connectivity index (χ0n) is 16.8. The Morgan fingerprint density at radius 3 is 2.70 bits per heavy atom. The van der Waals surface area contributed by atoms with E-state index in [2.05, 4.69) is 50.1 Å². The molecule has 0 aromatic heterocycles. The fraction of sp³-hybridized carbons (Fsp3) is 0.739. The van der Waals surface area contributed by atoms with Crippen LogP contribution >= 0.6 is 0 Å². The van der Waals surface area contributed by atoms with E-state index in [1.165, 1.54) is 17.7 Å². The normalized spacial score (nSPS) is 53.7. The molecule has 1 aliphatic carbocycles. The van der Waals surface area contributed by atoms with E-state index in [1.54, 1.807) is 0 Å².